The third kappa shape index (κ3) is 2.82. The Morgan fingerprint density at radius 1 is 1.18 bits per heavy atom. The Bertz CT molecular complexity index is 1210. The number of nitrogens with zero attached hydrogens (tertiary/aromatic N) is 4. The summed E-state index contributed by atoms with van der Waals surface area (Å²) in [6.07, 6.45) is 1.78. The summed E-state index contributed by atoms with van der Waals surface area (Å²) in [5.41, 5.74) is 4.28. The van der Waals surface area contributed by atoms with Gasteiger partial charge in [0.05, 0.1) is 33.8 Å². The minimum Gasteiger partial charge on any atom is -0.350 e. The van der Waals surface area contributed by atoms with Crippen molar-refractivity contribution in [2.45, 2.75) is 13.1 Å². The average molecular weight is 457 g/mol. The summed E-state index contributed by atoms with van der Waals surface area (Å²) >= 11 is 9.63. The first-order valence-corrected chi connectivity index (χ1v) is 10.0. The Kier molecular flexibility index (Phi) is 4.21. The van der Waals surface area contributed by atoms with Crippen molar-refractivity contribution < 1.29 is 4.79 Å². The molecule has 0 radical (unpaired) electrons. The van der Waals surface area contributed by atoms with Crippen molar-refractivity contribution >= 4 is 44.5 Å². The summed E-state index contributed by atoms with van der Waals surface area (Å²) in [6.45, 7) is 1.79. The number of para-hydroxylation sites is 1. The van der Waals surface area contributed by atoms with Crippen LogP contribution in [0.1, 0.15) is 15.9 Å². The van der Waals surface area contributed by atoms with E-state index in [0.29, 0.717) is 30.2 Å². The third-order valence-electron chi connectivity index (χ3n) is 4.88. The second-order valence-electron chi connectivity index (χ2n) is 6.64. The first-order valence-electron chi connectivity index (χ1n) is 8.85. The fourth-order valence-electron chi connectivity index (χ4n) is 3.61. The molecule has 28 heavy (non-hydrogen) atoms. The van der Waals surface area contributed by atoms with Gasteiger partial charge in [0, 0.05) is 18.1 Å². The molecular weight excluding hydrogens is 442 g/mol. The number of aromatic nitrogens is 4. The van der Waals surface area contributed by atoms with Crippen LogP contribution in [0.15, 0.2) is 53.1 Å². The lowest BCUT2D eigenvalue weighted by Crippen LogP contribution is -2.24. The predicted molar refractivity (Wildman–Crippen MR) is 112 cm³/mol. The van der Waals surface area contributed by atoms with Gasteiger partial charge in [0.25, 0.3) is 5.91 Å². The zero-order valence-corrected chi connectivity index (χ0v) is 17.0. The normalized spacial score (nSPS) is 13.6. The van der Waals surface area contributed by atoms with Gasteiger partial charge in [-0.1, -0.05) is 29.8 Å². The highest BCUT2D eigenvalue weighted by Gasteiger charge is 2.24. The van der Waals surface area contributed by atoms with Crippen LogP contribution in [-0.4, -0.2) is 31.8 Å². The van der Waals surface area contributed by atoms with Gasteiger partial charge in [-0.15, -0.1) is 0 Å². The van der Waals surface area contributed by atoms with Gasteiger partial charge in [-0.3, -0.25) is 9.48 Å². The molecule has 0 unspecified atom stereocenters. The predicted octanol–water partition coefficient (Wildman–Crippen LogP) is 4.11. The minimum absolute atomic E-state index is 0.0652. The van der Waals surface area contributed by atoms with Crippen LogP contribution in [-0.2, 0) is 13.1 Å². The van der Waals surface area contributed by atoms with Gasteiger partial charge in [-0.05, 0) is 45.8 Å². The molecule has 0 aliphatic carbocycles. The van der Waals surface area contributed by atoms with E-state index in [1.54, 1.807) is 6.20 Å². The summed E-state index contributed by atoms with van der Waals surface area (Å²) < 4.78 is 4.87. The van der Waals surface area contributed by atoms with Gasteiger partial charge in [-0.2, -0.15) is 5.10 Å². The summed E-state index contributed by atoms with van der Waals surface area (Å²) in [4.78, 5) is 17.3. The summed E-state index contributed by atoms with van der Waals surface area (Å²) in [6, 6.07) is 13.4. The minimum atomic E-state index is -0.0652. The lowest BCUT2D eigenvalue weighted by Gasteiger charge is -2.11. The quantitative estimate of drug-likeness (QED) is 0.505. The van der Waals surface area contributed by atoms with E-state index in [9.17, 15) is 4.79 Å². The number of benzene rings is 2. The van der Waals surface area contributed by atoms with E-state index < -0.39 is 0 Å². The standard InChI is InChI=1S/C20H15BrClN5O/c21-15-10-24-27(11-12-4-6-13(22)7-5-12)18(15)19-25-16-3-1-2-14-17(16)26(19)9-8-23-20(14)28/h1-7,10H,8-9,11H2,(H,23,28). The Morgan fingerprint density at radius 3 is 2.82 bits per heavy atom. The SMILES string of the molecule is O=C1NCCn2c(-c3c(Br)cnn3Cc3ccc(Cl)cc3)nc3cccc1c32. The molecule has 2 aromatic carbocycles. The molecular formula is C20H15BrClN5O. The van der Waals surface area contributed by atoms with Crippen LogP contribution >= 0.6 is 27.5 Å². The first-order chi connectivity index (χ1) is 13.6. The number of hydrogen-bond donors (Lipinski definition) is 1. The number of carbonyl (C=O) groups is 1. The Balaban J connectivity index is 1.68. The molecule has 4 aromatic rings. The molecule has 0 saturated heterocycles. The van der Waals surface area contributed by atoms with E-state index >= 15 is 0 Å². The first kappa shape index (κ1) is 17.5. The van der Waals surface area contributed by atoms with Crippen molar-refractivity contribution in [1.82, 2.24) is 24.6 Å². The van der Waals surface area contributed by atoms with Crippen LogP contribution in [0.3, 0.4) is 0 Å². The van der Waals surface area contributed by atoms with Crippen LogP contribution in [0.2, 0.25) is 5.02 Å². The maximum atomic E-state index is 12.4. The van der Waals surface area contributed by atoms with Crippen molar-refractivity contribution in [3.63, 3.8) is 0 Å². The molecule has 8 heteroatoms. The smallest absolute Gasteiger partial charge is 0.253 e. The monoisotopic (exact) mass is 455 g/mol. The highest BCUT2D eigenvalue weighted by Crippen LogP contribution is 2.33. The number of amides is 1. The number of carbonyl (C=O) groups excluding carboxylic acids is 1. The van der Waals surface area contributed by atoms with Gasteiger partial charge in [0.15, 0.2) is 5.82 Å². The van der Waals surface area contributed by atoms with Crippen molar-refractivity contribution in [3.05, 3.63) is 69.3 Å². The fraction of sp³-hybridized carbons (Fsp3) is 0.150. The number of imidazole rings is 1. The number of rotatable bonds is 3. The van der Waals surface area contributed by atoms with Crippen LogP contribution in [0.4, 0.5) is 0 Å². The van der Waals surface area contributed by atoms with Crippen LogP contribution in [0, 0.1) is 0 Å². The van der Waals surface area contributed by atoms with Gasteiger partial charge in [0.1, 0.15) is 5.69 Å². The maximum absolute atomic E-state index is 12.4. The van der Waals surface area contributed by atoms with Crippen LogP contribution < -0.4 is 5.32 Å². The number of hydrogen-bond acceptors (Lipinski definition) is 3. The molecule has 1 aliphatic rings. The molecule has 0 atom stereocenters. The molecule has 0 bridgehead atoms. The van der Waals surface area contributed by atoms with E-state index in [1.807, 2.05) is 47.1 Å². The summed E-state index contributed by atoms with van der Waals surface area (Å²) in [7, 11) is 0. The van der Waals surface area contributed by atoms with E-state index in [1.165, 1.54) is 0 Å². The molecule has 0 fully saturated rings. The molecule has 1 N–H and O–H groups in total. The summed E-state index contributed by atoms with van der Waals surface area (Å²) in [5, 5.41) is 8.19. The van der Waals surface area contributed by atoms with Crippen molar-refractivity contribution in [1.29, 1.82) is 0 Å². The molecule has 5 rings (SSSR count). The molecule has 3 heterocycles. The van der Waals surface area contributed by atoms with Gasteiger partial charge >= 0.3 is 0 Å². The highest BCUT2D eigenvalue weighted by atomic mass is 79.9. The second-order valence-corrected chi connectivity index (χ2v) is 7.93. The summed E-state index contributed by atoms with van der Waals surface area (Å²) in [5.74, 6) is 0.724. The highest BCUT2D eigenvalue weighted by molar-refractivity contribution is 9.10. The van der Waals surface area contributed by atoms with Crippen LogP contribution in [0.5, 0.6) is 0 Å². The number of halogens is 2. The second kappa shape index (κ2) is 6.76. The molecule has 0 saturated carbocycles. The molecule has 1 amide bonds. The van der Waals surface area contributed by atoms with Crippen molar-refractivity contribution in [2.24, 2.45) is 0 Å². The topological polar surface area (TPSA) is 64.7 Å². The largest absolute Gasteiger partial charge is 0.350 e. The zero-order chi connectivity index (χ0) is 19.3. The van der Waals surface area contributed by atoms with E-state index in [-0.39, 0.29) is 5.91 Å². The molecule has 0 spiro atoms. The van der Waals surface area contributed by atoms with Crippen LogP contribution in [0.25, 0.3) is 22.6 Å². The van der Waals surface area contributed by atoms with E-state index in [0.717, 1.165) is 32.6 Å². The molecule has 1 aliphatic heterocycles. The van der Waals surface area contributed by atoms with Gasteiger partial charge < -0.3 is 9.88 Å². The van der Waals surface area contributed by atoms with E-state index in [2.05, 4.69) is 30.9 Å². The fourth-order valence-corrected chi connectivity index (χ4v) is 4.21. The average Bonchev–Trinajstić information content (AvgIpc) is 3.17. The Morgan fingerprint density at radius 2 is 2.00 bits per heavy atom. The Labute approximate surface area is 174 Å². The van der Waals surface area contributed by atoms with Gasteiger partial charge in [0.2, 0.25) is 0 Å². The lowest BCUT2D eigenvalue weighted by atomic mass is 10.2. The maximum Gasteiger partial charge on any atom is 0.253 e. The molecule has 2 aromatic heterocycles. The Hall–Kier alpha value is -2.64. The molecule has 140 valence electrons. The lowest BCUT2D eigenvalue weighted by molar-refractivity contribution is 0.0956. The van der Waals surface area contributed by atoms with Gasteiger partial charge in [-0.25, -0.2) is 4.98 Å². The van der Waals surface area contributed by atoms with Crippen molar-refractivity contribution in [3.8, 4) is 11.5 Å². The zero-order valence-electron chi connectivity index (χ0n) is 14.7. The van der Waals surface area contributed by atoms with Crippen molar-refractivity contribution in [2.75, 3.05) is 6.54 Å². The molecule has 6 nitrogen and oxygen atoms in total. The number of nitrogens with one attached hydrogen (secondary N) is 1. The third-order valence-corrected chi connectivity index (χ3v) is 5.72. The van der Waals surface area contributed by atoms with E-state index in [4.69, 9.17) is 16.6 Å².